The van der Waals surface area contributed by atoms with Crippen LogP contribution in [0.25, 0.3) is 0 Å². The van der Waals surface area contributed by atoms with Gasteiger partial charge in [0.15, 0.2) is 0 Å². The van der Waals surface area contributed by atoms with E-state index in [9.17, 15) is 15.3 Å². The monoisotopic (exact) mass is 451 g/mol. The number of aliphatic hydroxyl groups excluding tert-OH is 2. The molecule has 0 unspecified atom stereocenters. The molecule has 13 atom stereocenters. The maximum atomic E-state index is 13.0. The summed E-state index contributed by atoms with van der Waals surface area (Å²) in [7, 11) is 3.41. The van der Waals surface area contributed by atoms with Crippen molar-refractivity contribution in [1.29, 1.82) is 0 Å². The summed E-state index contributed by atoms with van der Waals surface area (Å²) in [5.74, 6) is -0.734. The van der Waals surface area contributed by atoms with E-state index in [1.54, 1.807) is 14.2 Å². The molecule has 7 aliphatic rings. The van der Waals surface area contributed by atoms with Crippen molar-refractivity contribution in [2.75, 3.05) is 34.1 Å². The van der Waals surface area contributed by atoms with Gasteiger partial charge in [-0.2, -0.15) is 0 Å². The van der Waals surface area contributed by atoms with Crippen LogP contribution in [0.3, 0.4) is 0 Å². The Labute approximate surface area is 189 Å². The highest BCUT2D eigenvalue weighted by Crippen LogP contribution is 2.83. The highest BCUT2D eigenvalue weighted by molar-refractivity contribution is 5.46. The molecule has 0 amide bonds. The highest BCUT2D eigenvalue weighted by Gasteiger charge is 2.96. The van der Waals surface area contributed by atoms with Crippen LogP contribution < -0.4 is 0 Å². The smallest absolute Gasteiger partial charge is 0.148 e. The Morgan fingerprint density at radius 3 is 2.56 bits per heavy atom. The van der Waals surface area contributed by atoms with E-state index in [0.717, 1.165) is 25.9 Å². The van der Waals surface area contributed by atoms with Crippen LogP contribution in [0.5, 0.6) is 0 Å². The third kappa shape index (κ3) is 1.68. The molecule has 2 heterocycles. The van der Waals surface area contributed by atoms with Gasteiger partial charge >= 0.3 is 0 Å². The number of fused-ring (bicyclic) bond motifs is 1. The minimum Gasteiger partial charge on any atom is -0.393 e. The largest absolute Gasteiger partial charge is 0.393 e. The molecule has 32 heavy (non-hydrogen) atoms. The topological polar surface area (TPSA) is 101 Å². The first kappa shape index (κ1) is 21.0. The summed E-state index contributed by atoms with van der Waals surface area (Å²) >= 11 is 0. The molecule has 180 valence electrons. The molecular formula is C24H37NO7. The van der Waals surface area contributed by atoms with Crippen molar-refractivity contribution in [2.24, 2.45) is 28.6 Å². The number of hydrogen-bond donors (Lipinski definition) is 3. The normalized spacial score (nSPS) is 66.5. The van der Waals surface area contributed by atoms with E-state index in [4.69, 9.17) is 18.9 Å². The van der Waals surface area contributed by atoms with E-state index < -0.39 is 34.4 Å². The van der Waals surface area contributed by atoms with Crippen LogP contribution in [0.4, 0.5) is 0 Å². The minimum absolute atomic E-state index is 0.0582. The van der Waals surface area contributed by atoms with Gasteiger partial charge in [-0.3, -0.25) is 4.90 Å². The first-order valence-corrected chi connectivity index (χ1v) is 12.4. The van der Waals surface area contributed by atoms with Crippen molar-refractivity contribution in [3.8, 4) is 0 Å². The zero-order valence-corrected chi connectivity index (χ0v) is 19.5. The maximum absolute atomic E-state index is 13.0. The Balaban J connectivity index is 1.61. The SMILES string of the molecule is CCN1C[C@]2(C)CC[C@H](OC)[C@]34[C@@H]2[C@H](O)[C@@]2(OCO[C@@]25C[C@H](O)[C@H]2C[C@]3(O)[C@@H]5[C@H]2OC)[C@@H]14. The third-order valence-corrected chi connectivity index (χ3v) is 11.6. The highest BCUT2D eigenvalue weighted by atomic mass is 16.7. The van der Waals surface area contributed by atoms with Crippen LogP contribution in [0.15, 0.2) is 0 Å². The molecule has 0 radical (unpaired) electrons. The Hall–Kier alpha value is -0.320. The Kier molecular flexibility index (Phi) is 3.87. The molecule has 2 aliphatic heterocycles. The molecule has 7 bridgehead atoms. The van der Waals surface area contributed by atoms with Crippen LogP contribution >= 0.6 is 0 Å². The van der Waals surface area contributed by atoms with Gasteiger partial charge in [0.25, 0.3) is 0 Å². The second kappa shape index (κ2) is 5.90. The molecule has 8 nitrogen and oxygen atoms in total. The summed E-state index contributed by atoms with van der Waals surface area (Å²) < 4.78 is 25.4. The van der Waals surface area contributed by atoms with Gasteiger partial charge in [-0.15, -0.1) is 0 Å². The van der Waals surface area contributed by atoms with Crippen LogP contribution in [0.1, 0.15) is 39.5 Å². The summed E-state index contributed by atoms with van der Waals surface area (Å²) in [6, 6.07) is -0.247. The van der Waals surface area contributed by atoms with E-state index in [1.165, 1.54) is 0 Å². The van der Waals surface area contributed by atoms with Crippen LogP contribution in [0.2, 0.25) is 0 Å². The number of nitrogens with zero attached hydrogens (tertiary/aromatic N) is 1. The quantitative estimate of drug-likeness (QED) is 0.557. The number of likely N-dealkylation sites (tertiary alicyclic amines) is 1. The van der Waals surface area contributed by atoms with Gasteiger partial charge in [-0.1, -0.05) is 13.8 Å². The predicted octanol–water partition coefficient (Wildman–Crippen LogP) is 0.125. The second-order valence-electron chi connectivity index (χ2n) is 12.1. The fraction of sp³-hybridized carbons (Fsp3) is 1.00. The van der Waals surface area contributed by atoms with Crippen molar-refractivity contribution in [2.45, 2.75) is 86.8 Å². The molecule has 0 aromatic carbocycles. The van der Waals surface area contributed by atoms with Crippen molar-refractivity contribution in [3.63, 3.8) is 0 Å². The minimum atomic E-state index is -1.20. The number of likely N-dealkylation sites (N-methyl/N-ethyl adjacent to an activating group) is 1. The lowest BCUT2D eigenvalue weighted by Crippen LogP contribution is -2.85. The molecule has 3 spiro atoms. The fourth-order valence-electron chi connectivity index (χ4n) is 11.2. The van der Waals surface area contributed by atoms with Gasteiger partial charge in [-0.05, 0) is 31.2 Å². The average Bonchev–Trinajstić information content (AvgIpc) is 3.31. The van der Waals surface area contributed by atoms with Gasteiger partial charge in [0.2, 0.25) is 0 Å². The Bertz CT molecular complexity index is 858. The molecule has 2 saturated heterocycles. The lowest BCUT2D eigenvalue weighted by molar-refractivity contribution is -0.332. The number of rotatable bonds is 3. The zero-order valence-electron chi connectivity index (χ0n) is 19.5. The van der Waals surface area contributed by atoms with Gasteiger partial charge in [0, 0.05) is 44.9 Å². The van der Waals surface area contributed by atoms with Crippen molar-refractivity contribution < 1.29 is 34.3 Å². The first-order chi connectivity index (χ1) is 15.2. The number of hydrogen-bond acceptors (Lipinski definition) is 8. The number of piperidine rings is 1. The standard InChI is InChI=1S/C24H37NO7/c1-5-25-10-20(2)7-6-14(29-3)23-17(20)18(27)24(19(23)25)22(31-11-32-24)9-13(26)12-8-21(23,28)16(22)15(12)30-4/h12-19,26-28H,5-11H2,1-4H3/t12-,13+,14+,15+,16+,17-,18+,19+,20+,21+,22-,23-,24-/m1/s1. The van der Waals surface area contributed by atoms with Gasteiger partial charge in [0.05, 0.1) is 41.5 Å². The molecule has 0 aromatic heterocycles. The Morgan fingerprint density at radius 2 is 1.88 bits per heavy atom. The summed E-state index contributed by atoms with van der Waals surface area (Å²) in [4.78, 5) is 2.43. The first-order valence-electron chi connectivity index (χ1n) is 12.4. The lowest BCUT2D eigenvalue weighted by Gasteiger charge is -2.72. The number of methoxy groups -OCH3 is 2. The predicted molar refractivity (Wildman–Crippen MR) is 112 cm³/mol. The van der Waals surface area contributed by atoms with Crippen LogP contribution in [-0.4, -0.2) is 102 Å². The van der Waals surface area contributed by atoms with Crippen molar-refractivity contribution in [1.82, 2.24) is 4.90 Å². The second-order valence-corrected chi connectivity index (χ2v) is 12.1. The maximum Gasteiger partial charge on any atom is 0.148 e. The van der Waals surface area contributed by atoms with Gasteiger partial charge in [0.1, 0.15) is 18.0 Å². The molecule has 5 aliphatic carbocycles. The van der Waals surface area contributed by atoms with Crippen LogP contribution in [0, 0.1) is 28.6 Å². The fourth-order valence-corrected chi connectivity index (χ4v) is 11.2. The van der Waals surface area contributed by atoms with Gasteiger partial charge < -0.3 is 34.3 Å². The van der Waals surface area contributed by atoms with E-state index in [1.807, 2.05) is 0 Å². The summed E-state index contributed by atoms with van der Waals surface area (Å²) in [6.07, 6.45) is 0.502. The molecule has 0 aromatic rings. The van der Waals surface area contributed by atoms with E-state index in [2.05, 4.69) is 18.7 Å². The zero-order chi connectivity index (χ0) is 22.5. The van der Waals surface area contributed by atoms with E-state index >= 15 is 0 Å². The molecule has 3 N–H and O–H groups in total. The van der Waals surface area contributed by atoms with Crippen molar-refractivity contribution in [3.05, 3.63) is 0 Å². The van der Waals surface area contributed by atoms with Gasteiger partial charge in [-0.25, -0.2) is 0 Å². The molecule has 8 heteroatoms. The van der Waals surface area contributed by atoms with Crippen LogP contribution in [-0.2, 0) is 18.9 Å². The van der Waals surface area contributed by atoms with E-state index in [0.29, 0.717) is 12.8 Å². The molecule has 7 fully saturated rings. The molecule has 7 rings (SSSR count). The molecule has 5 saturated carbocycles. The average molecular weight is 452 g/mol. The third-order valence-electron chi connectivity index (χ3n) is 11.6. The summed E-state index contributed by atoms with van der Waals surface area (Å²) in [5, 5.41) is 36.7. The molecular weight excluding hydrogens is 414 g/mol. The van der Waals surface area contributed by atoms with E-state index in [-0.39, 0.29) is 48.2 Å². The Morgan fingerprint density at radius 1 is 1.09 bits per heavy atom. The van der Waals surface area contributed by atoms with Crippen molar-refractivity contribution >= 4 is 0 Å². The number of aliphatic hydroxyl groups is 3. The summed E-state index contributed by atoms with van der Waals surface area (Å²) in [5.41, 5.74) is -4.13. The number of ether oxygens (including phenoxy) is 4. The lowest BCUT2D eigenvalue weighted by atomic mass is 9.41. The summed E-state index contributed by atoms with van der Waals surface area (Å²) in [6.45, 7) is 6.14.